The summed E-state index contributed by atoms with van der Waals surface area (Å²) in [5.41, 5.74) is -0.979. The number of thioether (sulfide) groups is 1. The number of aliphatic carboxylic acids is 1. The Balaban J connectivity index is 2.82. The zero-order chi connectivity index (χ0) is 14.5. The lowest BCUT2D eigenvalue weighted by Gasteiger charge is -2.26. The van der Waals surface area contributed by atoms with E-state index in [2.05, 4.69) is 5.32 Å². The second-order valence-corrected chi connectivity index (χ2v) is 5.37. The second-order valence-electron chi connectivity index (χ2n) is 4.38. The number of rotatable bonds is 6. The molecule has 0 radical (unpaired) electrons. The van der Waals surface area contributed by atoms with Crippen molar-refractivity contribution in [1.29, 1.82) is 0 Å². The van der Waals surface area contributed by atoms with Crippen LogP contribution in [0.3, 0.4) is 0 Å². The van der Waals surface area contributed by atoms with E-state index in [-0.39, 0.29) is 5.75 Å². The van der Waals surface area contributed by atoms with Crippen molar-refractivity contribution in [3.8, 4) is 5.75 Å². The summed E-state index contributed by atoms with van der Waals surface area (Å²) in [6, 6.07) is 5.66. The zero-order valence-electron chi connectivity index (χ0n) is 10.8. The van der Waals surface area contributed by atoms with Crippen LogP contribution in [0, 0.1) is 0 Å². The van der Waals surface area contributed by atoms with E-state index in [1.54, 1.807) is 0 Å². The van der Waals surface area contributed by atoms with E-state index in [1.165, 1.54) is 43.0 Å². The van der Waals surface area contributed by atoms with Crippen LogP contribution in [-0.4, -0.2) is 39.6 Å². The molecular formula is C13H17NO4S. The molecule has 0 unspecified atom stereocenters. The number of phenols is 1. The third-order valence-corrected chi connectivity index (χ3v) is 3.41. The van der Waals surface area contributed by atoms with Crippen molar-refractivity contribution in [1.82, 2.24) is 5.32 Å². The fourth-order valence-electron chi connectivity index (χ4n) is 1.46. The van der Waals surface area contributed by atoms with Gasteiger partial charge in [0.2, 0.25) is 0 Å². The zero-order valence-corrected chi connectivity index (χ0v) is 11.7. The minimum atomic E-state index is -1.29. The van der Waals surface area contributed by atoms with Gasteiger partial charge < -0.3 is 15.5 Å². The summed E-state index contributed by atoms with van der Waals surface area (Å²) >= 11 is 1.52. The molecule has 1 aromatic rings. The van der Waals surface area contributed by atoms with Gasteiger partial charge in [0, 0.05) is 5.56 Å². The highest BCUT2D eigenvalue weighted by Crippen LogP contribution is 2.16. The van der Waals surface area contributed by atoms with Gasteiger partial charge in [-0.25, -0.2) is 4.79 Å². The molecule has 1 rings (SSSR count). The number of amides is 1. The lowest BCUT2D eigenvalue weighted by atomic mass is 9.98. The standard InChI is InChI=1S/C13H17NO4S/c1-13(12(17)18,7-8-19-2)14-11(16)9-3-5-10(15)6-4-9/h3-6,15H,7-8H2,1-2H3,(H,14,16)(H,17,18)/t13-/m0/s1. The van der Waals surface area contributed by atoms with E-state index < -0.39 is 17.4 Å². The van der Waals surface area contributed by atoms with Gasteiger partial charge in [0.05, 0.1) is 0 Å². The van der Waals surface area contributed by atoms with Crippen LogP contribution in [0.5, 0.6) is 5.75 Å². The van der Waals surface area contributed by atoms with E-state index in [0.29, 0.717) is 17.7 Å². The number of carbonyl (C=O) groups is 2. The van der Waals surface area contributed by atoms with Crippen molar-refractivity contribution in [3.05, 3.63) is 29.8 Å². The van der Waals surface area contributed by atoms with E-state index >= 15 is 0 Å². The molecule has 1 atom stereocenters. The molecule has 6 heteroatoms. The average molecular weight is 283 g/mol. The number of carboxylic acids is 1. The Morgan fingerprint density at radius 2 is 1.89 bits per heavy atom. The Morgan fingerprint density at radius 3 is 2.37 bits per heavy atom. The molecule has 0 aliphatic rings. The molecule has 0 saturated heterocycles. The SMILES string of the molecule is CSCC[C@](C)(NC(=O)c1ccc(O)cc1)C(=O)O. The lowest BCUT2D eigenvalue weighted by Crippen LogP contribution is -2.52. The van der Waals surface area contributed by atoms with Crippen molar-refractivity contribution < 1.29 is 19.8 Å². The molecule has 104 valence electrons. The number of carbonyl (C=O) groups excluding carboxylic acids is 1. The van der Waals surface area contributed by atoms with Crippen LogP contribution < -0.4 is 5.32 Å². The number of hydrogen-bond donors (Lipinski definition) is 3. The van der Waals surface area contributed by atoms with Crippen LogP contribution in [0.25, 0.3) is 0 Å². The molecule has 5 nitrogen and oxygen atoms in total. The Kier molecular flexibility index (Phi) is 5.23. The first-order valence-corrected chi connectivity index (χ1v) is 7.12. The Morgan fingerprint density at radius 1 is 1.32 bits per heavy atom. The smallest absolute Gasteiger partial charge is 0.329 e. The van der Waals surface area contributed by atoms with Gasteiger partial charge >= 0.3 is 5.97 Å². The normalized spacial score (nSPS) is 13.6. The van der Waals surface area contributed by atoms with E-state index in [1.807, 2.05) is 6.26 Å². The van der Waals surface area contributed by atoms with E-state index in [4.69, 9.17) is 5.11 Å². The highest BCUT2D eigenvalue weighted by atomic mass is 32.2. The van der Waals surface area contributed by atoms with Crippen LogP contribution in [-0.2, 0) is 4.79 Å². The fraction of sp³-hybridized carbons (Fsp3) is 0.385. The molecule has 0 heterocycles. The first-order chi connectivity index (χ1) is 8.89. The molecule has 0 aliphatic heterocycles. The molecule has 0 saturated carbocycles. The number of benzene rings is 1. The molecule has 1 aromatic carbocycles. The highest BCUT2D eigenvalue weighted by molar-refractivity contribution is 7.98. The number of hydrogen-bond acceptors (Lipinski definition) is 4. The van der Waals surface area contributed by atoms with E-state index in [0.717, 1.165) is 0 Å². The Bertz CT molecular complexity index is 460. The predicted octanol–water partition coefficient (Wildman–Crippen LogP) is 1.72. The maximum Gasteiger partial charge on any atom is 0.329 e. The van der Waals surface area contributed by atoms with Crippen molar-refractivity contribution in [2.45, 2.75) is 18.9 Å². The van der Waals surface area contributed by atoms with Gasteiger partial charge in [0.1, 0.15) is 11.3 Å². The molecule has 0 aromatic heterocycles. The van der Waals surface area contributed by atoms with Crippen LogP contribution in [0.2, 0.25) is 0 Å². The van der Waals surface area contributed by atoms with Crippen LogP contribution in [0.15, 0.2) is 24.3 Å². The van der Waals surface area contributed by atoms with Crippen molar-refractivity contribution in [2.24, 2.45) is 0 Å². The van der Waals surface area contributed by atoms with Gasteiger partial charge in [-0.3, -0.25) is 4.79 Å². The summed E-state index contributed by atoms with van der Waals surface area (Å²) in [4.78, 5) is 23.3. The van der Waals surface area contributed by atoms with Gasteiger partial charge in [-0.1, -0.05) is 0 Å². The number of nitrogens with one attached hydrogen (secondary N) is 1. The first-order valence-electron chi connectivity index (χ1n) is 5.73. The molecular weight excluding hydrogens is 266 g/mol. The van der Waals surface area contributed by atoms with Gasteiger partial charge in [0.25, 0.3) is 5.91 Å². The summed E-state index contributed by atoms with van der Waals surface area (Å²) in [6.45, 7) is 1.49. The van der Waals surface area contributed by atoms with Gasteiger partial charge in [-0.2, -0.15) is 11.8 Å². The molecule has 3 N–H and O–H groups in total. The average Bonchev–Trinajstić information content (AvgIpc) is 2.36. The Hall–Kier alpha value is -1.69. The number of carboxylic acid groups (broad SMARTS) is 1. The summed E-state index contributed by atoms with van der Waals surface area (Å²) in [5, 5.41) is 20.9. The monoisotopic (exact) mass is 283 g/mol. The number of aromatic hydroxyl groups is 1. The van der Waals surface area contributed by atoms with Crippen LogP contribution >= 0.6 is 11.8 Å². The maximum absolute atomic E-state index is 12.0. The minimum Gasteiger partial charge on any atom is -0.508 e. The summed E-state index contributed by atoms with van der Waals surface area (Å²) < 4.78 is 0. The highest BCUT2D eigenvalue weighted by Gasteiger charge is 2.34. The Labute approximate surface area is 116 Å². The summed E-state index contributed by atoms with van der Waals surface area (Å²) in [7, 11) is 0. The maximum atomic E-state index is 12.0. The molecule has 0 fully saturated rings. The predicted molar refractivity (Wildman–Crippen MR) is 74.6 cm³/mol. The topological polar surface area (TPSA) is 86.6 Å². The van der Waals surface area contributed by atoms with Crippen LogP contribution in [0.4, 0.5) is 0 Å². The molecule has 19 heavy (non-hydrogen) atoms. The summed E-state index contributed by atoms with van der Waals surface area (Å²) in [5.74, 6) is -0.835. The van der Waals surface area contributed by atoms with Gasteiger partial charge in [0.15, 0.2) is 0 Å². The third kappa shape index (κ3) is 4.17. The molecule has 0 spiro atoms. The van der Waals surface area contributed by atoms with Gasteiger partial charge in [-0.05, 0) is 49.6 Å². The minimum absolute atomic E-state index is 0.0555. The van der Waals surface area contributed by atoms with E-state index in [9.17, 15) is 14.7 Å². The number of phenolic OH excluding ortho intramolecular Hbond substituents is 1. The molecule has 1 amide bonds. The van der Waals surface area contributed by atoms with Gasteiger partial charge in [-0.15, -0.1) is 0 Å². The molecule has 0 aliphatic carbocycles. The first kappa shape index (κ1) is 15.4. The van der Waals surface area contributed by atoms with Crippen molar-refractivity contribution in [3.63, 3.8) is 0 Å². The largest absolute Gasteiger partial charge is 0.508 e. The van der Waals surface area contributed by atoms with Crippen molar-refractivity contribution >= 4 is 23.6 Å². The molecule has 0 bridgehead atoms. The van der Waals surface area contributed by atoms with Crippen molar-refractivity contribution in [2.75, 3.05) is 12.0 Å². The fourth-order valence-corrected chi connectivity index (χ4v) is 2.08. The third-order valence-electron chi connectivity index (χ3n) is 2.80. The second kappa shape index (κ2) is 6.47. The summed E-state index contributed by atoms with van der Waals surface area (Å²) in [6.07, 6.45) is 2.22. The lowest BCUT2D eigenvalue weighted by molar-refractivity contribution is -0.143. The quantitative estimate of drug-likeness (QED) is 0.740. The van der Waals surface area contributed by atoms with Crippen LogP contribution in [0.1, 0.15) is 23.7 Å².